The third-order valence-electron chi connectivity index (χ3n) is 5.77. The Kier molecular flexibility index (Phi) is 10.4. The van der Waals surface area contributed by atoms with E-state index >= 15 is 0 Å². The highest BCUT2D eigenvalue weighted by Crippen LogP contribution is 2.31. The second kappa shape index (κ2) is 12.8. The average Bonchev–Trinajstić information content (AvgIpc) is 2.78. The fourth-order valence-electron chi connectivity index (χ4n) is 4.09. The van der Waals surface area contributed by atoms with Crippen molar-refractivity contribution in [1.82, 2.24) is 10.2 Å². The molecule has 2 aromatic carbocycles. The minimum Gasteiger partial charge on any atom is -0.444 e. The van der Waals surface area contributed by atoms with Crippen molar-refractivity contribution < 1.29 is 19.1 Å². The van der Waals surface area contributed by atoms with E-state index in [-0.39, 0.29) is 5.92 Å². The Balaban J connectivity index is 2.56. The molecule has 2 rings (SSSR count). The molecule has 0 aliphatic rings. The van der Waals surface area contributed by atoms with Crippen LogP contribution in [-0.4, -0.2) is 34.5 Å². The van der Waals surface area contributed by atoms with E-state index in [1.54, 1.807) is 39.0 Å². The number of amides is 3. The molecule has 0 fully saturated rings. The van der Waals surface area contributed by atoms with Gasteiger partial charge in [-0.05, 0) is 76.6 Å². The minimum absolute atomic E-state index is 0.0395. The Labute approximate surface area is 231 Å². The van der Waals surface area contributed by atoms with Crippen LogP contribution in [0.25, 0.3) is 0 Å². The normalized spacial score (nSPS) is 12.8. The van der Waals surface area contributed by atoms with Crippen molar-refractivity contribution in [3.63, 3.8) is 0 Å². The second-order valence-corrected chi connectivity index (χ2v) is 11.3. The number of hydrogen-bond acceptors (Lipinski definition) is 4. The summed E-state index contributed by atoms with van der Waals surface area (Å²) in [5, 5.41) is 5.89. The molecule has 2 N–H and O–H groups in total. The minimum atomic E-state index is -1.18. The topological polar surface area (TPSA) is 87.7 Å². The summed E-state index contributed by atoms with van der Waals surface area (Å²) in [5.41, 5.74) is 2.78. The Morgan fingerprint density at radius 3 is 2.26 bits per heavy atom. The fraction of sp³-hybridized carbons (Fsp3) is 0.433. The van der Waals surface area contributed by atoms with Gasteiger partial charge < -0.3 is 15.4 Å². The molecular weight excluding hydrogens is 502 g/mol. The lowest BCUT2D eigenvalue weighted by atomic mass is 9.95. The smallest absolute Gasteiger partial charge is 0.408 e. The summed E-state index contributed by atoms with van der Waals surface area (Å²) in [4.78, 5) is 41.4. The highest BCUT2D eigenvalue weighted by molar-refractivity contribution is 6.34. The number of benzene rings is 2. The maximum atomic E-state index is 13.9. The molecule has 2 aromatic rings. The van der Waals surface area contributed by atoms with Crippen LogP contribution in [0.3, 0.4) is 0 Å². The summed E-state index contributed by atoms with van der Waals surface area (Å²) in [6, 6.07) is 11.0. The van der Waals surface area contributed by atoms with E-state index in [0.29, 0.717) is 22.7 Å². The van der Waals surface area contributed by atoms with Gasteiger partial charge in [0.25, 0.3) is 11.8 Å². The molecule has 0 aliphatic heterocycles. The van der Waals surface area contributed by atoms with E-state index in [1.807, 2.05) is 52.8 Å². The molecule has 0 aromatic heterocycles. The van der Waals surface area contributed by atoms with Gasteiger partial charge in [0.1, 0.15) is 17.7 Å². The van der Waals surface area contributed by atoms with Crippen molar-refractivity contribution in [2.45, 2.75) is 79.5 Å². The number of terminal acetylenes is 1. The predicted molar refractivity (Wildman–Crippen MR) is 152 cm³/mol. The van der Waals surface area contributed by atoms with E-state index < -0.39 is 35.6 Å². The fourth-order valence-corrected chi connectivity index (χ4v) is 4.36. The first-order valence-electron chi connectivity index (χ1n) is 12.6. The molecule has 0 bridgehead atoms. The van der Waals surface area contributed by atoms with Crippen LogP contribution < -0.4 is 10.6 Å². The molecule has 38 heavy (non-hydrogen) atoms. The van der Waals surface area contributed by atoms with Crippen LogP contribution in [-0.2, 0) is 14.3 Å². The maximum absolute atomic E-state index is 13.9. The summed E-state index contributed by atoms with van der Waals surface area (Å²) in [6.07, 6.45) is 5.44. The van der Waals surface area contributed by atoms with E-state index in [0.717, 1.165) is 21.6 Å². The molecular formula is C30H38ClN3O4. The highest BCUT2D eigenvalue weighted by atomic mass is 35.5. The number of alkyl carbamates (subject to hydrolysis) is 1. The number of halogens is 1. The number of nitrogens with one attached hydrogen (secondary N) is 2. The number of aryl methyl sites for hydroxylation is 3. The van der Waals surface area contributed by atoms with Crippen LogP contribution in [0.5, 0.6) is 0 Å². The summed E-state index contributed by atoms with van der Waals surface area (Å²) in [5.74, 6) is -1.08. The number of ether oxygens (including phenoxy) is 1. The van der Waals surface area contributed by atoms with Crippen LogP contribution >= 0.6 is 11.6 Å². The second-order valence-electron chi connectivity index (χ2n) is 10.8. The number of nitrogens with zero attached hydrogens (tertiary/aromatic N) is 1. The highest BCUT2D eigenvalue weighted by Gasteiger charge is 2.37. The van der Waals surface area contributed by atoms with Gasteiger partial charge in [-0.3, -0.25) is 14.5 Å². The van der Waals surface area contributed by atoms with Gasteiger partial charge in [-0.2, -0.15) is 0 Å². The number of hydrogen-bond donors (Lipinski definition) is 2. The van der Waals surface area contributed by atoms with Gasteiger partial charge in [-0.25, -0.2) is 4.79 Å². The van der Waals surface area contributed by atoms with Crippen LogP contribution in [0.2, 0.25) is 5.02 Å². The van der Waals surface area contributed by atoms with Gasteiger partial charge in [0.15, 0.2) is 0 Å². The molecule has 0 saturated carbocycles. The number of rotatable bonds is 8. The van der Waals surface area contributed by atoms with E-state index in [1.165, 1.54) is 0 Å². The molecule has 0 saturated heterocycles. The zero-order valence-electron chi connectivity index (χ0n) is 23.4. The lowest BCUT2D eigenvalue weighted by molar-refractivity contribution is -0.137. The largest absolute Gasteiger partial charge is 0.444 e. The van der Waals surface area contributed by atoms with Crippen LogP contribution in [0, 0.1) is 39.2 Å². The number of anilines is 1. The average molecular weight is 540 g/mol. The lowest BCUT2D eigenvalue weighted by Gasteiger charge is -2.32. The van der Waals surface area contributed by atoms with E-state index in [2.05, 4.69) is 16.7 Å². The number of para-hydroxylation sites is 1. The standard InChI is InChI=1S/C30H38ClN3O4/c1-10-34(28(36)24(16-18(2)3)32-29(37)38-30(7,8)9)26(22-15-14-19(4)17-21(22)6)27(35)33-25-20(5)12-11-13-23(25)31/h1,11-15,17-18,24,26H,16H2,2-9H3,(H,32,37)(H,33,35). The van der Waals surface area contributed by atoms with Gasteiger partial charge in [0, 0.05) is 6.04 Å². The third-order valence-corrected chi connectivity index (χ3v) is 6.08. The van der Waals surface area contributed by atoms with Gasteiger partial charge in [-0.15, -0.1) is 0 Å². The zero-order chi connectivity index (χ0) is 28.8. The summed E-state index contributed by atoms with van der Waals surface area (Å²) < 4.78 is 5.38. The lowest BCUT2D eigenvalue weighted by Crippen LogP contribution is -2.51. The number of carbonyl (C=O) groups is 3. The quantitative estimate of drug-likeness (QED) is 0.304. The number of carbonyl (C=O) groups excluding carboxylic acids is 3. The van der Waals surface area contributed by atoms with Crippen molar-refractivity contribution in [3.05, 3.63) is 63.7 Å². The summed E-state index contributed by atoms with van der Waals surface area (Å²) >= 11 is 6.37. The first-order valence-corrected chi connectivity index (χ1v) is 12.9. The molecule has 7 nitrogen and oxygen atoms in total. The Morgan fingerprint density at radius 2 is 1.74 bits per heavy atom. The Morgan fingerprint density at radius 1 is 1.08 bits per heavy atom. The van der Waals surface area contributed by atoms with Crippen LogP contribution in [0.1, 0.15) is 69.3 Å². The van der Waals surface area contributed by atoms with Gasteiger partial charge in [0.05, 0.1) is 10.7 Å². The van der Waals surface area contributed by atoms with Gasteiger partial charge in [-0.1, -0.05) is 67.8 Å². The van der Waals surface area contributed by atoms with Crippen molar-refractivity contribution in [3.8, 4) is 12.5 Å². The van der Waals surface area contributed by atoms with Crippen molar-refractivity contribution in [2.24, 2.45) is 5.92 Å². The summed E-state index contributed by atoms with van der Waals surface area (Å²) in [6.45, 7) is 14.7. The molecule has 0 spiro atoms. The third kappa shape index (κ3) is 8.26. The molecule has 204 valence electrons. The first-order chi connectivity index (χ1) is 17.6. The molecule has 0 radical (unpaired) electrons. The molecule has 2 atom stereocenters. The van der Waals surface area contributed by atoms with E-state index in [9.17, 15) is 14.4 Å². The van der Waals surface area contributed by atoms with Crippen molar-refractivity contribution >= 4 is 35.2 Å². The monoisotopic (exact) mass is 539 g/mol. The predicted octanol–water partition coefficient (Wildman–Crippen LogP) is 6.30. The van der Waals surface area contributed by atoms with Crippen LogP contribution in [0.4, 0.5) is 10.5 Å². The van der Waals surface area contributed by atoms with Gasteiger partial charge in [0.2, 0.25) is 0 Å². The molecule has 0 aliphatic carbocycles. The SMILES string of the molecule is C#CN(C(=O)C(CC(C)C)NC(=O)OC(C)(C)C)C(C(=O)Nc1c(C)cccc1Cl)c1ccc(C)cc1C. The van der Waals surface area contributed by atoms with Crippen molar-refractivity contribution in [1.29, 1.82) is 0 Å². The van der Waals surface area contributed by atoms with Gasteiger partial charge >= 0.3 is 6.09 Å². The first kappa shape index (κ1) is 30.7. The van der Waals surface area contributed by atoms with Crippen LogP contribution in [0.15, 0.2) is 36.4 Å². The maximum Gasteiger partial charge on any atom is 0.408 e. The molecule has 2 unspecified atom stereocenters. The van der Waals surface area contributed by atoms with Crippen molar-refractivity contribution in [2.75, 3.05) is 5.32 Å². The molecule has 0 heterocycles. The van der Waals surface area contributed by atoms with E-state index in [4.69, 9.17) is 22.8 Å². The molecule has 3 amide bonds. The molecule has 8 heteroatoms. The Hall–Kier alpha value is -3.50. The Bertz CT molecular complexity index is 1210. The zero-order valence-corrected chi connectivity index (χ0v) is 24.2. The summed E-state index contributed by atoms with van der Waals surface area (Å²) in [7, 11) is 0.